The highest BCUT2D eigenvalue weighted by atomic mass is 19.1. The van der Waals surface area contributed by atoms with Crippen molar-refractivity contribution in [3.05, 3.63) is 59.7 Å². The Bertz CT molecular complexity index is 1180. The Hall–Kier alpha value is -3.38. The number of benzene rings is 2. The van der Waals surface area contributed by atoms with Crippen molar-refractivity contribution < 1.29 is 33.1 Å². The van der Waals surface area contributed by atoms with Crippen LogP contribution in [0.4, 0.5) is 4.39 Å². The van der Waals surface area contributed by atoms with Crippen LogP contribution in [0.3, 0.4) is 0 Å². The predicted octanol–water partition coefficient (Wildman–Crippen LogP) is 2.68. The maximum absolute atomic E-state index is 13.4. The average Bonchev–Trinajstić information content (AvgIpc) is 3.00. The van der Waals surface area contributed by atoms with Crippen LogP contribution in [0.1, 0.15) is 42.1 Å². The Balaban J connectivity index is 1.37. The summed E-state index contributed by atoms with van der Waals surface area (Å²) in [5.74, 6) is -1.93. The summed E-state index contributed by atoms with van der Waals surface area (Å²) in [5, 5.41) is 2.47. The van der Waals surface area contributed by atoms with Gasteiger partial charge < -0.3 is 19.7 Å². The summed E-state index contributed by atoms with van der Waals surface area (Å²) >= 11 is 0. The third-order valence-corrected chi connectivity index (χ3v) is 7.69. The number of carbonyl (C=O) groups is 3. The van der Waals surface area contributed by atoms with Gasteiger partial charge in [0.05, 0.1) is 12.7 Å². The minimum atomic E-state index is -1.87. The zero-order valence-corrected chi connectivity index (χ0v) is 23.9. The number of likely N-dealkylation sites (N-methyl/N-ethyl adjacent to an activating group) is 2. The summed E-state index contributed by atoms with van der Waals surface area (Å²) in [6, 6.07) is 15.2. The molecule has 3 amide bonds. The molecule has 2 aliphatic rings. The Kier molecular flexibility index (Phi) is 10.4. The zero-order chi connectivity index (χ0) is 29.4. The molecule has 41 heavy (non-hydrogen) atoms. The molecule has 2 N–H and O–H groups in total. The molecule has 0 bridgehead atoms. The van der Waals surface area contributed by atoms with Crippen LogP contribution in [0.5, 0.6) is 0 Å². The van der Waals surface area contributed by atoms with E-state index in [4.69, 9.17) is 14.3 Å². The summed E-state index contributed by atoms with van der Waals surface area (Å²) in [5.41, 5.74) is 3.85. The monoisotopic (exact) mass is 570 g/mol. The lowest BCUT2D eigenvalue weighted by Gasteiger charge is -2.38. The van der Waals surface area contributed by atoms with E-state index in [1.165, 1.54) is 21.0 Å². The first-order chi connectivity index (χ1) is 19.8. The van der Waals surface area contributed by atoms with E-state index >= 15 is 0 Å². The molecule has 10 nitrogen and oxygen atoms in total. The molecule has 2 fully saturated rings. The maximum atomic E-state index is 13.4. The quantitative estimate of drug-likeness (QED) is 0.298. The topological polar surface area (TPSA) is 109 Å². The first-order valence-electron chi connectivity index (χ1n) is 13.9. The van der Waals surface area contributed by atoms with Crippen molar-refractivity contribution in [3.8, 4) is 11.1 Å². The number of amides is 3. The molecule has 2 aromatic carbocycles. The van der Waals surface area contributed by atoms with Crippen molar-refractivity contribution in [3.63, 3.8) is 0 Å². The molecule has 0 saturated carbocycles. The first kappa shape index (κ1) is 30.6. The number of likely N-dealkylation sites (tertiary alicyclic amines) is 1. The fourth-order valence-electron chi connectivity index (χ4n) is 4.90. The van der Waals surface area contributed by atoms with Crippen molar-refractivity contribution in [1.82, 2.24) is 20.6 Å². The fourth-order valence-corrected chi connectivity index (χ4v) is 4.90. The van der Waals surface area contributed by atoms with Gasteiger partial charge in [-0.3, -0.25) is 19.3 Å². The molecule has 222 valence electrons. The SMILES string of the molecule is CNC(=O)[C@@](C)(C(=O)NOC1CCCCO1)N(C)C(=O)c1ccc(-c2ccc(CN3CC(OCCF)C3)cc2)cc1. The van der Waals surface area contributed by atoms with E-state index in [0.29, 0.717) is 18.6 Å². The van der Waals surface area contributed by atoms with E-state index < -0.39 is 36.2 Å². The number of hydrogen-bond donors (Lipinski definition) is 2. The van der Waals surface area contributed by atoms with Gasteiger partial charge in [-0.05, 0) is 48.6 Å². The molecule has 2 aromatic rings. The lowest BCUT2D eigenvalue weighted by molar-refractivity contribution is -0.204. The van der Waals surface area contributed by atoms with E-state index in [9.17, 15) is 18.8 Å². The van der Waals surface area contributed by atoms with Crippen molar-refractivity contribution in [2.75, 3.05) is 47.1 Å². The highest BCUT2D eigenvalue weighted by Crippen LogP contribution is 2.24. The van der Waals surface area contributed by atoms with Crippen LogP contribution in [0.15, 0.2) is 48.5 Å². The van der Waals surface area contributed by atoms with Gasteiger partial charge in [0.15, 0.2) is 11.8 Å². The Labute approximate surface area is 240 Å². The molecule has 0 radical (unpaired) electrons. The van der Waals surface area contributed by atoms with Crippen molar-refractivity contribution >= 4 is 17.7 Å². The van der Waals surface area contributed by atoms with E-state index in [2.05, 4.69) is 27.8 Å². The predicted molar refractivity (Wildman–Crippen MR) is 150 cm³/mol. The first-order valence-corrected chi connectivity index (χ1v) is 13.9. The second-order valence-corrected chi connectivity index (χ2v) is 10.5. The third kappa shape index (κ3) is 7.28. The Morgan fingerprint density at radius 1 is 1.05 bits per heavy atom. The van der Waals surface area contributed by atoms with Gasteiger partial charge in [0.1, 0.15) is 6.67 Å². The van der Waals surface area contributed by atoms with Crippen molar-refractivity contribution in [2.45, 2.75) is 50.7 Å². The number of hydrogen-bond acceptors (Lipinski definition) is 7. The lowest BCUT2D eigenvalue weighted by Crippen LogP contribution is -2.65. The average molecular weight is 571 g/mol. The summed E-state index contributed by atoms with van der Waals surface area (Å²) in [7, 11) is 2.82. The zero-order valence-electron chi connectivity index (χ0n) is 23.9. The molecule has 1 unspecified atom stereocenters. The molecule has 0 spiro atoms. The van der Waals surface area contributed by atoms with Crippen LogP contribution < -0.4 is 10.8 Å². The fraction of sp³-hybridized carbons (Fsp3) is 0.500. The summed E-state index contributed by atoms with van der Waals surface area (Å²) in [4.78, 5) is 48.1. The number of ether oxygens (including phenoxy) is 2. The minimum Gasteiger partial charge on any atom is -0.373 e. The molecular weight excluding hydrogens is 531 g/mol. The van der Waals surface area contributed by atoms with Gasteiger partial charge in [0.25, 0.3) is 17.7 Å². The molecule has 4 rings (SSSR count). The molecule has 2 atom stereocenters. The van der Waals surface area contributed by atoms with Gasteiger partial charge in [-0.2, -0.15) is 0 Å². The number of nitrogens with zero attached hydrogens (tertiary/aromatic N) is 2. The van der Waals surface area contributed by atoms with Crippen LogP contribution >= 0.6 is 0 Å². The number of alkyl halides is 1. The van der Waals surface area contributed by atoms with Crippen LogP contribution in [0, 0.1) is 0 Å². The number of halogens is 1. The Morgan fingerprint density at radius 3 is 2.29 bits per heavy atom. The summed E-state index contributed by atoms with van der Waals surface area (Å²) < 4.78 is 23.1. The molecular formula is C30H39FN4O6. The maximum Gasteiger partial charge on any atom is 0.279 e. The smallest absolute Gasteiger partial charge is 0.279 e. The van der Waals surface area contributed by atoms with Gasteiger partial charge >= 0.3 is 0 Å². The lowest BCUT2D eigenvalue weighted by atomic mass is 9.96. The van der Waals surface area contributed by atoms with E-state index in [1.807, 2.05) is 24.3 Å². The van der Waals surface area contributed by atoms with Crippen molar-refractivity contribution in [2.24, 2.45) is 0 Å². The van der Waals surface area contributed by atoms with E-state index in [-0.39, 0.29) is 12.7 Å². The van der Waals surface area contributed by atoms with Gasteiger partial charge in [0.2, 0.25) is 0 Å². The molecule has 0 aromatic heterocycles. The largest absolute Gasteiger partial charge is 0.373 e. The van der Waals surface area contributed by atoms with E-state index in [1.54, 1.807) is 12.1 Å². The normalized spacial score (nSPS) is 19.1. The van der Waals surface area contributed by atoms with Crippen LogP contribution in [0.2, 0.25) is 0 Å². The van der Waals surface area contributed by atoms with Crippen LogP contribution in [-0.2, 0) is 30.4 Å². The molecule has 2 saturated heterocycles. The number of rotatable bonds is 12. The number of nitrogens with one attached hydrogen (secondary N) is 2. The molecule has 0 aliphatic carbocycles. The molecule has 11 heteroatoms. The van der Waals surface area contributed by atoms with Crippen molar-refractivity contribution in [1.29, 1.82) is 0 Å². The second-order valence-electron chi connectivity index (χ2n) is 10.5. The Morgan fingerprint density at radius 2 is 1.71 bits per heavy atom. The van der Waals surface area contributed by atoms with Crippen LogP contribution in [-0.4, -0.2) is 92.5 Å². The highest BCUT2D eigenvalue weighted by molar-refractivity contribution is 6.12. The van der Waals surface area contributed by atoms with Gasteiger partial charge in [-0.25, -0.2) is 14.7 Å². The standard InChI is InChI=1S/C30H39FN4O6/c1-30(28(37)32-2,29(38)33-41-26-6-4-5-16-40-26)34(3)27(36)24-13-11-23(12-14-24)22-9-7-21(8-10-22)18-35-19-25(20-35)39-17-15-31/h7-14,25-26H,4-6,15-20H2,1-3H3,(H,32,37)(H,33,38)/t26?,30-/m0/s1. The summed E-state index contributed by atoms with van der Waals surface area (Å²) in [6.07, 6.45) is 1.96. The van der Waals surface area contributed by atoms with Gasteiger partial charge in [-0.1, -0.05) is 36.4 Å². The molecule has 2 heterocycles. The second kappa shape index (κ2) is 14.0. The number of hydroxylamine groups is 1. The molecule has 2 aliphatic heterocycles. The minimum absolute atomic E-state index is 0.110. The van der Waals surface area contributed by atoms with Gasteiger partial charge in [0, 0.05) is 52.3 Å². The van der Waals surface area contributed by atoms with Gasteiger partial charge in [-0.15, -0.1) is 0 Å². The van der Waals surface area contributed by atoms with Crippen LogP contribution in [0.25, 0.3) is 11.1 Å². The summed E-state index contributed by atoms with van der Waals surface area (Å²) in [6.45, 7) is 4.00. The highest BCUT2D eigenvalue weighted by Gasteiger charge is 2.47. The number of carbonyl (C=O) groups excluding carboxylic acids is 3. The van der Waals surface area contributed by atoms with E-state index in [0.717, 1.165) is 54.1 Å². The third-order valence-electron chi connectivity index (χ3n) is 7.69.